The third-order valence-corrected chi connectivity index (χ3v) is 11.7. The fraction of sp³-hybridized carbons (Fsp3) is 0.0545. The van der Waals surface area contributed by atoms with E-state index in [1.54, 1.807) is 0 Å². The summed E-state index contributed by atoms with van der Waals surface area (Å²) in [5.74, 6) is 0. The highest BCUT2D eigenvalue weighted by atomic mass is 15.1. The highest BCUT2D eigenvalue weighted by Gasteiger charge is 2.37. The third-order valence-electron chi connectivity index (χ3n) is 11.7. The molecule has 0 fully saturated rings. The van der Waals surface area contributed by atoms with Gasteiger partial charge in [0.1, 0.15) is 0 Å². The molecular formula is C55H41N. The van der Waals surface area contributed by atoms with E-state index in [0.717, 1.165) is 17.1 Å². The average Bonchev–Trinajstić information content (AvgIpc) is 3.50. The molecule has 10 rings (SSSR count). The van der Waals surface area contributed by atoms with E-state index in [1.165, 1.54) is 77.5 Å². The lowest BCUT2D eigenvalue weighted by atomic mass is 9.82. The minimum atomic E-state index is -0.0960. The average molecular weight is 716 g/mol. The lowest BCUT2D eigenvalue weighted by molar-refractivity contribution is 0.660. The minimum absolute atomic E-state index is 0.0960. The van der Waals surface area contributed by atoms with Gasteiger partial charge in [-0.05, 0) is 90.7 Å². The second-order valence-electron chi connectivity index (χ2n) is 15.3. The molecule has 0 heterocycles. The number of hydrogen-bond acceptors (Lipinski definition) is 1. The predicted octanol–water partition coefficient (Wildman–Crippen LogP) is 15.3. The molecule has 0 aromatic heterocycles. The summed E-state index contributed by atoms with van der Waals surface area (Å²) in [7, 11) is 0. The van der Waals surface area contributed by atoms with E-state index in [2.05, 4.69) is 231 Å². The normalized spacial score (nSPS) is 12.6. The van der Waals surface area contributed by atoms with Crippen LogP contribution in [0.5, 0.6) is 0 Å². The minimum Gasteiger partial charge on any atom is -0.309 e. The van der Waals surface area contributed by atoms with Crippen LogP contribution in [0.4, 0.5) is 17.1 Å². The lowest BCUT2D eigenvalue weighted by Crippen LogP contribution is -2.15. The van der Waals surface area contributed by atoms with Crippen molar-refractivity contribution >= 4 is 27.8 Å². The number of hydrogen-bond donors (Lipinski definition) is 0. The SMILES string of the molecule is CC1(C)c2ccccc2-c2c(-c3ccccc3N(c3ccc4ccccc4c3)c3ccccc3-c3ccccc3-c3ccccc3-c3ccccc3)cccc21. The lowest BCUT2D eigenvalue weighted by Gasteiger charge is -2.31. The number of para-hydroxylation sites is 2. The number of fused-ring (bicyclic) bond motifs is 4. The summed E-state index contributed by atoms with van der Waals surface area (Å²) in [5, 5.41) is 2.43. The summed E-state index contributed by atoms with van der Waals surface area (Å²) in [5.41, 5.74) is 18.3. The molecule has 0 spiro atoms. The van der Waals surface area contributed by atoms with Gasteiger partial charge < -0.3 is 4.90 Å². The molecule has 9 aromatic rings. The second-order valence-corrected chi connectivity index (χ2v) is 15.3. The Morgan fingerprint density at radius 3 is 1.48 bits per heavy atom. The molecule has 0 bridgehead atoms. The van der Waals surface area contributed by atoms with Crippen molar-refractivity contribution in [2.24, 2.45) is 0 Å². The predicted molar refractivity (Wildman–Crippen MR) is 238 cm³/mol. The van der Waals surface area contributed by atoms with Crippen LogP contribution in [0.25, 0.3) is 66.4 Å². The van der Waals surface area contributed by atoms with Crippen molar-refractivity contribution in [3.63, 3.8) is 0 Å². The monoisotopic (exact) mass is 715 g/mol. The Bertz CT molecular complexity index is 2900. The summed E-state index contributed by atoms with van der Waals surface area (Å²) in [4.78, 5) is 2.49. The van der Waals surface area contributed by atoms with Crippen LogP contribution in [-0.4, -0.2) is 0 Å². The molecular weight excluding hydrogens is 675 g/mol. The van der Waals surface area contributed by atoms with Crippen LogP contribution in [0.1, 0.15) is 25.0 Å². The van der Waals surface area contributed by atoms with Gasteiger partial charge in [-0.2, -0.15) is 0 Å². The van der Waals surface area contributed by atoms with Crippen LogP contribution in [-0.2, 0) is 5.41 Å². The maximum absolute atomic E-state index is 2.49. The number of nitrogens with zero attached hydrogens (tertiary/aromatic N) is 1. The van der Waals surface area contributed by atoms with Gasteiger partial charge in [-0.15, -0.1) is 0 Å². The molecule has 1 nitrogen and oxygen atoms in total. The van der Waals surface area contributed by atoms with Gasteiger partial charge in [0.25, 0.3) is 0 Å². The Labute approximate surface area is 329 Å². The first-order valence-corrected chi connectivity index (χ1v) is 19.5. The number of benzene rings is 9. The van der Waals surface area contributed by atoms with Crippen LogP contribution in [0.15, 0.2) is 212 Å². The maximum atomic E-state index is 2.49. The molecule has 0 saturated heterocycles. The Balaban J connectivity index is 1.23. The zero-order chi connectivity index (χ0) is 37.6. The summed E-state index contributed by atoms with van der Waals surface area (Å²) in [6.07, 6.45) is 0. The summed E-state index contributed by atoms with van der Waals surface area (Å²) < 4.78 is 0. The Morgan fingerprint density at radius 1 is 0.321 bits per heavy atom. The number of anilines is 3. The molecule has 9 aromatic carbocycles. The summed E-state index contributed by atoms with van der Waals surface area (Å²) in [6, 6.07) is 77.7. The van der Waals surface area contributed by atoms with Gasteiger partial charge in [0.05, 0.1) is 11.4 Å². The topological polar surface area (TPSA) is 3.24 Å². The third kappa shape index (κ3) is 5.55. The Morgan fingerprint density at radius 2 is 0.786 bits per heavy atom. The quantitative estimate of drug-likeness (QED) is 0.159. The van der Waals surface area contributed by atoms with Crippen molar-refractivity contribution in [3.8, 4) is 55.6 Å². The Kier molecular flexibility index (Phi) is 8.23. The van der Waals surface area contributed by atoms with E-state index in [9.17, 15) is 0 Å². The van der Waals surface area contributed by atoms with Gasteiger partial charge in [0.2, 0.25) is 0 Å². The largest absolute Gasteiger partial charge is 0.309 e. The molecule has 1 aliphatic carbocycles. The van der Waals surface area contributed by atoms with Crippen molar-refractivity contribution in [1.82, 2.24) is 0 Å². The van der Waals surface area contributed by atoms with Gasteiger partial charge in [-0.25, -0.2) is 0 Å². The standard InChI is InChI=1S/C55H41N/c1-55(2)50-31-15-12-29-49(50)54-48(30-18-32-51(54)55)47-28-14-17-34-53(47)56(41-36-35-38-19-6-7-22-40(38)37-41)52-33-16-13-27-46(52)45-26-11-10-25-44(45)43-24-9-8-23-42(43)39-20-4-3-5-21-39/h3-37H,1-2H3. The molecule has 266 valence electrons. The van der Waals surface area contributed by atoms with Crippen LogP contribution < -0.4 is 4.90 Å². The van der Waals surface area contributed by atoms with E-state index < -0.39 is 0 Å². The Hall–Kier alpha value is -6.96. The molecule has 0 unspecified atom stereocenters. The van der Waals surface area contributed by atoms with Crippen LogP contribution in [0.3, 0.4) is 0 Å². The van der Waals surface area contributed by atoms with Crippen molar-refractivity contribution in [2.45, 2.75) is 19.3 Å². The molecule has 0 aliphatic heterocycles. The maximum Gasteiger partial charge on any atom is 0.0540 e. The first-order valence-electron chi connectivity index (χ1n) is 19.5. The van der Waals surface area contributed by atoms with E-state index in [0.29, 0.717) is 0 Å². The molecule has 0 radical (unpaired) electrons. The van der Waals surface area contributed by atoms with E-state index in [4.69, 9.17) is 0 Å². The summed E-state index contributed by atoms with van der Waals surface area (Å²) >= 11 is 0. The van der Waals surface area contributed by atoms with Crippen molar-refractivity contribution < 1.29 is 0 Å². The molecule has 1 aliphatic rings. The first kappa shape index (κ1) is 33.6. The molecule has 1 heteroatoms. The van der Waals surface area contributed by atoms with E-state index in [-0.39, 0.29) is 5.41 Å². The van der Waals surface area contributed by atoms with E-state index >= 15 is 0 Å². The molecule has 0 saturated carbocycles. The fourth-order valence-electron chi connectivity index (χ4n) is 9.04. The van der Waals surface area contributed by atoms with Gasteiger partial charge in [-0.3, -0.25) is 0 Å². The van der Waals surface area contributed by atoms with Crippen LogP contribution >= 0.6 is 0 Å². The van der Waals surface area contributed by atoms with Crippen LogP contribution in [0, 0.1) is 0 Å². The van der Waals surface area contributed by atoms with Crippen molar-refractivity contribution in [1.29, 1.82) is 0 Å². The molecule has 0 atom stereocenters. The van der Waals surface area contributed by atoms with Gasteiger partial charge >= 0.3 is 0 Å². The van der Waals surface area contributed by atoms with E-state index in [1.807, 2.05) is 0 Å². The smallest absolute Gasteiger partial charge is 0.0540 e. The summed E-state index contributed by atoms with van der Waals surface area (Å²) in [6.45, 7) is 4.72. The fourth-order valence-corrected chi connectivity index (χ4v) is 9.04. The van der Waals surface area contributed by atoms with Gasteiger partial charge in [0.15, 0.2) is 0 Å². The zero-order valence-electron chi connectivity index (χ0n) is 31.7. The molecule has 0 N–H and O–H groups in total. The van der Waals surface area contributed by atoms with Gasteiger partial charge in [0, 0.05) is 22.2 Å². The van der Waals surface area contributed by atoms with Crippen molar-refractivity contribution in [3.05, 3.63) is 223 Å². The second kappa shape index (κ2) is 13.7. The zero-order valence-corrected chi connectivity index (χ0v) is 31.7. The van der Waals surface area contributed by atoms with Gasteiger partial charge in [-0.1, -0.05) is 202 Å². The highest BCUT2D eigenvalue weighted by molar-refractivity contribution is 6.02. The number of rotatable bonds is 7. The molecule has 0 amide bonds. The van der Waals surface area contributed by atoms with Crippen LogP contribution in [0.2, 0.25) is 0 Å². The first-order chi connectivity index (χ1) is 27.6. The van der Waals surface area contributed by atoms with Crippen molar-refractivity contribution in [2.75, 3.05) is 4.90 Å². The highest BCUT2D eigenvalue weighted by Crippen LogP contribution is 2.54. The molecule has 56 heavy (non-hydrogen) atoms.